The van der Waals surface area contributed by atoms with Gasteiger partial charge in [-0.25, -0.2) is 0 Å². The highest BCUT2D eigenvalue weighted by Crippen LogP contribution is 2.09. The Balaban J connectivity index is 2.27. The number of rotatable bonds is 6. The van der Waals surface area contributed by atoms with E-state index in [1.54, 1.807) is 11.3 Å². The number of nitrogens with one attached hydrogen (secondary N) is 1. The van der Waals surface area contributed by atoms with Crippen LogP contribution >= 0.6 is 11.3 Å². The fourth-order valence-corrected chi connectivity index (χ4v) is 2.14. The molecule has 3 nitrogen and oxygen atoms in total. The fraction of sp³-hybridized carbons (Fsp3) is 0.500. The van der Waals surface area contributed by atoms with Crippen molar-refractivity contribution in [1.82, 2.24) is 5.32 Å². The Labute approximate surface area is 100 Å². The quantitative estimate of drug-likeness (QED) is 0.824. The monoisotopic (exact) mass is 236 g/mol. The van der Waals surface area contributed by atoms with Crippen LogP contribution in [-0.4, -0.2) is 12.5 Å². The number of hydrogen-bond donors (Lipinski definition) is 1. The van der Waals surface area contributed by atoms with Crippen molar-refractivity contribution in [2.24, 2.45) is 5.92 Å². The molecule has 1 N–H and O–H groups in total. The van der Waals surface area contributed by atoms with Crippen molar-refractivity contribution in [3.8, 4) is 6.07 Å². The highest BCUT2D eigenvalue weighted by molar-refractivity contribution is 7.09. The van der Waals surface area contributed by atoms with Crippen LogP contribution in [0.1, 0.15) is 24.6 Å². The smallest absolute Gasteiger partial charge is 0.237 e. The summed E-state index contributed by atoms with van der Waals surface area (Å²) in [6.45, 7) is 2.59. The van der Waals surface area contributed by atoms with Crippen molar-refractivity contribution in [3.05, 3.63) is 22.4 Å². The topological polar surface area (TPSA) is 52.9 Å². The third-order valence-electron chi connectivity index (χ3n) is 2.30. The van der Waals surface area contributed by atoms with Gasteiger partial charge in [0, 0.05) is 11.4 Å². The summed E-state index contributed by atoms with van der Waals surface area (Å²) in [5, 5.41) is 13.6. The maximum absolute atomic E-state index is 11.6. The first-order valence-corrected chi connectivity index (χ1v) is 6.35. The van der Waals surface area contributed by atoms with Gasteiger partial charge < -0.3 is 5.32 Å². The molecule has 0 aliphatic rings. The average Bonchev–Trinajstić information content (AvgIpc) is 2.78. The normalized spacial score (nSPS) is 11.8. The molecule has 1 rings (SSSR count). The SMILES string of the molecule is CCCC(C#N)C(=O)NCCc1cccs1. The second-order valence-corrected chi connectivity index (χ2v) is 4.62. The minimum absolute atomic E-state index is 0.138. The molecule has 4 heteroatoms. The van der Waals surface area contributed by atoms with Crippen molar-refractivity contribution in [3.63, 3.8) is 0 Å². The van der Waals surface area contributed by atoms with Crippen molar-refractivity contribution in [2.75, 3.05) is 6.54 Å². The van der Waals surface area contributed by atoms with Gasteiger partial charge in [0.15, 0.2) is 0 Å². The summed E-state index contributed by atoms with van der Waals surface area (Å²) >= 11 is 1.68. The molecule has 0 saturated heterocycles. The van der Waals surface area contributed by atoms with Gasteiger partial charge in [0.1, 0.15) is 5.92 Å². The van der Waals surface area contributed by atoms with Gasteiger partial charge >= 0.3 is 0 Å². The minimum Gasteiger partial charge on any atom is -0.355 e. The molecule has 86 valence electrons. The first-order valence-electron chi connectivity index (χ1n) is 5.47. The lowest BCUT2D eigenvalue weighted by Gasteiger charge is -2.08. The standard InChI is InChI=1S/C12H16N2OS/c1-2-4-10(9-13)12(15)14-7-6-11-5-3-8-16-11/h3,5,8,10H,2,4,6-7H2,1H3,(H,14,15). The Bertz CT molecular complexity index is 354. The predicted molar refractivity (Wildman–Crippen MR) is 65.0 cm³/mol. The average molecular weight is 236 g/mol. The summed E-state index contributed by atoms with van der Waals surface area (Å²) < 4.78 is 0. The molecular formula is C12H16N2OS. The van der Waals surface area contributed by atoms with Gasteiger partial charge in [-0.05, 0) is 24.3 Å². The van der Waals surface area contributed by atoms with Crippen molar-refractivity contribution in [1.29, 1.82) is 5.26 Å². The lowest BCUT2D eigenvalue weighted by molar-refractivity contribution is -0.123. The van der Waals surface area contributed by atoms with Gasteiger partial charge in [-0.3, -0.25) is 4.79 Å². The van der Waals surface area contributed by atoms with Gasteiger partial charge in [-0.2, -0.15) is 5.26 Å². The molecule has 16 heavy (non-hydrogen) atoms. The van der Waals surface area contributed by atoms with Crippen LogP contribution in [0.25, 0.3) is 0 Å². The molecule has 1 amide bonds. The zero-order chi connectivity index (χ0) is 11.8. The molecule has 0 radical (unpaired) electrons. The van der Waals surface area contributed by atoms with E-state index in [1.165, 1.54) is 4.88 Å². The summed E-state index contributed by atoms with van der Waals surface area (Å²) in [5.41, 5.74) is 0. The van der Waals surface area contributed by atoms with Gasteiger partial charge in [-0.15, -0.1) is 11.3 Å². The summed E-state index contributed by atoms with van der Waals surface area (Å²) in [7, 11) is 0. The zero-order valence-electron chi connectivity index (χ0n) is 9.40. The lowest BCUT2D eigenvalue weighted by atomic mass is 10.1. The van der Waals surface area contributed by atoms with E-state index in [4.69, 9.17) is 5.26 Å². The molecular weight excluding hydrogens is 220 g/mol. The van der Waals surface area contributed by atoms with Crippen LogP contribution in [-0.2, 0) is 11.2 Å². The maximum Gasteiger partial charge on any atom is 0.237 e. The summed E-state index contributed by atoms with van der Waals surface area (Å²) in [5.74, 6) is -0.630. The molecule has 0 aliphatic heterocycles. The minimum atomic E-state index is -0.492. The van der Waals surface area contributed by atoms with Crippen LogP contribution in [0.4, 0.5) is 0 Å². The first-order chi connectivity index (χ1) is 7.77. The largest absolute Gasteiger partial charge is 0.355 e. The van der Waals surface area contributed by atoms with E-state index in [2.05, 4.69) is 5.32 Å². The van der Waals surface area contributed by atoms with Crippen molar-refractivity contribution in [2.45, 2.75) is 26.2 Å². The van der Waals surface area contributed by atoms with Gasteiger partial charge in [-0.1, -0.05) is 19.4 Å². The third-order valence-corrected chi connectivity index (χ3v) is 3.24. The van der Waals surface area contributed by atoms with Crippen LogP contribution in [0.5, 0.6) is 0 Å². The van der Waals surface area contributed by atoms with E-state index in [0.717, 1.165) is 12.8 Å². The second kappa shape index (κ2) is 7.02. The van der Waals surface area contributed by atoms with Crippen LogP contribution in [0.15, 0.2) is 17.5 Å². The molecule has 0 spiro atoms. The number of carbonyl (C=O) groups excluding carboxylic acids is 1. The molecule has 1 atom stereocenters. The van der Waals surface area contributed by atoms with Gasteiger partial charge in [0.25, 0.3) is 0 Å². The molecule has 1 aromatic rings. The van der Waals surface area contributed by atoms with E-state index >= 15 is 0 Å². The Kier molecular flexibility index (Phi) is 5.58. The van der Waals surface area contributed by atoms with E-state index in [0.29, 0.717) is 13.0 Å². The Morgan fingerprint density at radius 3 is 3.06 bits per heavy atom. The molecule has 1 aromatic heterocycles. The number of nitrogens with zero attached hydrogens (tertiary/aromatic N) is 1. The van der Waals surface area contributed by atoms with E-state index in [1.807, 2.05) is 30.5 Å². The number of thiophene rings is 1. The molecule has 0 saturated carbocycles. The molecule has 1 heterocycles. The van der Waals surface area contributed by atoms with Crippen molar-refractivity contribution < 1.29 is 4.79 Å². The number of nitriles is 1. The van der Waals surface area contributed by atoms with Crippen LogP contribution < -0.4 is 5.32 Å². The van der Waals surface area contributed by atoms with Gasteiger partial charge in [0.2, 0.25) is 5.91 Å². The van der Waals surface area contributed by atoms with Crippen LogP contribution in [0.3, 0.4) is 0 Å². The third kappa shape index (κ3) is 4.03. The molecule has 0 fully saturated rings. The molecule has 1 unspecified atom stereocenters. The second-order valence-electron chi connectivity index (χ2n) is 3.59. The highest BCUT2D eigenvalue weighted by Gasteiger charge is 2.15. The summed E-state index contributed by atoms with van der Waals surface area (Å²) in [6, 6.07) is 6.08. The van der Waals surface area contributed by atoms with E-state index < -0.39 is 5.92 Å². The van der Waals surface area contributed by atoms with Crippen LogP contribution in [0.2, 0.25) is 0 Å². The Morgan fingerprint density at radius 1 is 1.69 bits per heavy atom. The molecule has 0 aliphatic carbocycles. The van der Waals surface area contributed by atoms with Crippen molar-refractivity contribution >= 4 is 17.2 Å². The maximum atomic E-state index is 11.6. The molecule has 0 bridgehead atoms. The Morgan fingerprint density at radius 2 is 2.50 bits per heavy atom. The number of carbonyl (C=O) groups is 1. The molecule has 0 aromatic carbocycles. The highest BCUT2D eigenvalue weighted by atomic mass is 32.1. The number of hydrogen-bond acceptors (Lipinski definition) is 3. The van der Waals surface area contributed by atoms with Crippen LogP contribution in [0, 0.1) is 17.2 Å². The summed E-state index contributed by atoms with van der Waals surface area (Å²) in [4.78, 5) is 12.8. The lowest BCUT2D eigenvalue weighted by Crippen LogP contribution is -2.31. The zero-order valence-corrected chi connectivity index (χ0v) is 10.2. The summed E-state index contributed by atoms with van der Waals surface area (Å²) in [6.07, 6.45) is 2.34. The fourth-order valence-electron chi connectivity index (χ4n) is 1.43. The number of amides is 1. The predicted octanol–water partition coefficient (Wildman–Crippen LogP) is 2.35. The van der Waals surface area contributed by atoms with E-state index in [-0.39, 0.29) is 5.91 Å². The Hall–Kier alpha value is -1.34. The first kappa shape index (κ1) is 12.7. The van der Waals surface area contributed by atoms with E-state index in [9.17, 15) is 4.79 Å². The van der Waals surface area contributed by atoms with Gasteiger partial charge in [0.05, 0.1) is 6.07 Å².